The van der Waals surface area contributed by atoms with Crippen molar-refractivity contribution < 1.29 is 4.74 Å². The van der Waals surface area contributed by atoms with Gasteiger partial charge in [-0.05, 0) is 29.9 Å². The van der Waals surface area contributed by atoms with Crippen molar-refractivity contribution >= 4 is 17.6 Å². The smallest absolute Gasteiger partial charge is 0.130 e. The first kappa shape index (κ1) is 13.9. The lowest BCUT2D eigenvalue weighted by molar-refractivity contribution is 0.413. The maximum absolute atomic E-state index is 7.44. The fraction of sp³-hybridized carbons (Fsp3) is 0.462. The van der Waals surface area contributed by atoms with Gasteiger partial charge in [-0.1, -0.05) is 19.4 Å². The predicted octanol–water partition coefficient (Wildman–Crippen LogP) is 3.01. The third-order valence-corrected chi connectivity index (χ3v) is 3.58. The van der Waals surface area contributed by atoms with Gasteiger partial charge >= 0.3 is 0 Å². The number of thioether (sulfide) groups is 1. The molecule has 0 aromatic heterocycles. The van der Waals surface area contributed by atoms with E-state index in [1.165, 1.54) is 24.2 Å². The first-order valence-electron chi connectivity index (χ1n) is 5.78. The van der Waals surface area contributed by atoms with Crippen LogP contribution in [0.2, 0.25) is 0 Å². The van der Waals surface area contributed by atoms with Crippen molar-refractivity contribution in [3.8, 4) is 5.75 Å². The van der Waals surface area contributed by atoms with Gasteiger partial charge in [0.2, 0.25) is 0 Å². The van der Waals surface area contributed by atoms with E-state index in [0.717, 1.165) is 5.75 Å². The largest absolute Gasteiger partial charge is 0.496 e. The first-order valence-corrected chi connectivity index (χ1v) is 6.93. The van der Waals surface area contributed by atoms with Crippen LogP contribution >= 0.6 is 11.8 Å². The topological polar surface area (TPSA) is 59.1 Å². The zero-order valence-electron chi connectivity index (χ0n) is 10.5. The molecule has 0 saturated carbocycles. The average Bonchev–Trinajstić information content (AvgIpc) is 2.34. The van der Waals surface area contributed by atoms with Crippen molar-refractivity contribution in [3.63, 3.8) is 0 Å². The van der Waals surface area contributed by atoms with E-state index in [-0.39, 0.29) is 5.84 Å². The second kappa shape index (κ2) is 7.22. The highest BCUT2D eigenvalue weighted by Gasteiger charge is 2.06. The number of nitrogens with one attached hydrogen (secondary N) is 1. The molecule has 0 unspecified atom stereocenters. The molecule has 3 N–H and O–H groups in total. The Balaban J connectivity index is 2.66. The Kier molecular flexibility index (Phi) is 5.91. The molecule has 0 bridgehead atoms. The molecule has 0 atom stereocenters. The van der Waals surface area contributed by atoms with E-state index in [4.69, 9.17) is 15.9 Å². The van der Waals surface area contributed by atoms with Gasteiger partial charge in [0.25, 0.3) is 0 Å². The van der Waals surface area contributed by atoms with E-state index in [2.05, 4.69) is 6.92 Å². The number of rotatable bonds is 7. The molecule has 0 aliphatic heterocycles. The van der Waals surface area contributed by atoms with Gasteiger partial charge in [0.1, 0.15) is 11.6 Å². The summed E-state index contributed by atoms with van der Waals surface area (Å²) in [4.78, 5) is 0. The molecule has 17 heavy (non-hydrogen) atoms. The third-order valence-electron chi connectivity index (χ3n) is 2.47. The van der Waals surface area contributed by atoms with Crippen molar-refractivity contribution in [3.05, 3.63) is 29.3 Å². The highest BCUT2D eigenvalue weighted by atomic mass is 32.2. The molecule has 0 aliphatic carbocycles. The van der Waals surface area contributed by atoms with Crippen LogP contribution in [-0.2, 0) is 5.75 Å². The Labute approximate surface area is 107 Å². The molecule has 1 rings (SSSR count). The second-order valence-corrected chi connectivity index (χ2v) is 4.96. The molecule has 0 heterocycles. The number of nitrogen functional groups attached to an aromatic ring is 1. The Morgan fingerprint density at radius 1 is 1.47 bits per heavy atom. The van der Waals surface area contributed by atoms with Gasteiger partial charge in [0.15, 0.2) is 0 Å². The lowest BCUT2D eigenvalue weighted by atomic mass is 10.1. The summed E-state index contributed by atoms with van der Waals surface area (Å²) in [5.41, 5.74) is 7.36. The standard InChI is InChI=1S/C13H20N2OS/c1-3-4-7-17-9-10-5-6-11(13(14)15)12(8-10)16-2/h5-6,8H,3-4,7,9H2,1-2H3,(H3,14,15). The molecule has 0 spiro atoms. The number of amidine groups is 1. The summed E-state index contributed by atoms with van der Waals surface area (Å²) in [6.45, 7) is 2.20. The third kappa shape index (κ3) is 4.30. The number of unbranched alkanes of at least 4 members (excludes halogenated alkanes) is 1. The molecule has 0 saturated heterocycles. The summed E-state index contributed by atoms with van der Waals surface area (Å²) in [7, 11) is 1.61. The van der Waals surface area contributed by atoms with Crippen LogP contribution in [0.4, 0.5) is 0 Å². The number of nitrogens with two attached hydrogens (primary N) is 1. The summed E-state index contributed by atoms with van der Waals surface area (Å²) in [5, 5.41) is 7.44. The molecule has 0 radical (unpaired) electrons. The summed E-state index contributed by atoms with van der Waals surface area (Å²) < 4.78 is 5.24. The number of hydrogen-bond acceptors (Lipinski definition) is 3. The summed E-state index contributed by atoms with van der Waals surface area (Å²) in [5.74, 6) is 2.90. The molecular weight excluding hydrogens is 232 g/mol. The van der Waals surface area contributed by atoms with Gasteiger partial charge in [-0.25, -0.2) is 0 Å². The second-order valence-electron chi connectivity index (χ2n) is 3.85. The van der Waals surface area contributed by atoms with E-state index in [9.17, 15) is 0 Å². The minimum absolute atomic E-state index is 0.0482. The van der Waals surface area contributed by atoms with Gasteiger partial charge in [-0.2, -0.15) is 11.8 Å². The van der Waals surface area contributed by atoms with E-state index in [1.807, 2.05) is 30.0 Å². The molecule has 3 nitrogen and oxygen atoms in total. The molecule has 0 aliphatic rings. The Bertz CT molecular complexity index is 380. The van der Waals surface area contributed by atoms with Crippen molar-refractivity contribution in [2.45, 2.75) is 25.5 Å². The van der Waals surface area contributed by atoms with Gasteiger partial charge in [-0.15, -0.1) is 0 Å². The summed E-state index contributed by atoms with van der Waals surface area (Å²) in [6.07, 6.45) is 2.49. The lowest BCUT2D eigenvalue weighted by Gasteiger charge is -2.09. The van der Waals surface area contributed by atoms with Crippen molar-refractivity contribution in [2.75, 3.05) is 12.9 Å². The molecule has 4 heteroatoms. The molecule has 1 aromatic rings. The minimum Gasteiger partial charge on any atom is -0.496 e. The average molecular weight is 252 g/mol. The van der Waals surface area contributed by atoms with E-state index in [0.29, 0.717) is 11.3 Å². The summed E-state index contributed by atoms with van der Waals surface area (Å²) >= 11 is 1.92. The zero-order chi connectivity index (χ0) is 12.7. The lowest BCUT2D eigenvalue weighted by Crippen LogP contribution is -2.12. The van der Waals surface area contributed by atoms with E-state index < -0.39 is 0 Å². The Hall–Kier alpha value is -1.16. The molecular formula is C13H20N2OS. The van der Waals surface area contributed by atoms with Gasteiger partial charge in [0, 0.05) is 5.75 Å². The van der Waals surface area contributed by atoms with Crippen molar-refractivity contribution in [2.24, 2.45) is 5.73 Å². The van der Waals surface area contributed by atoms with Crippen LogP contribution in [0.3, 0.4) is 0 Å². The monoisotopic (exact) mass is 252 g/mol. The fourth-order valence-corrected chi connectivity index (χ4v) is 2.54. The van der Waals surface area contributed by atoms with E-state index in [1.54, 1.807) is 7.11 Å². The van der Waals surface area contributed by atoms with Crippen LogP contribution in [0.15, 0.2) is 18.2 Å². The summed E-state index contributed by atoms with van der Waals surface area (Å²) in [6, 6.07) is 5.84. The number of methoxy groups -OCH3 is 1. The minimum atomic E-state index is 0.0482. The van der Waals surface area contributed by atoms with Crippen molar-refractivity contribution in [1.82, 2.24) is 0 Å². The normalized spacial score (nSPS) is 10.2. The number of ether oxygens (including phenoxy) is 1. The van der Waals surface area contributed by atoms with Crippen molar-refractivity contribution in [1.29, 1.82) is 5.41 Å². The molecule has 0 amide bonds. The molecule has 0 fully saturated rings. The van der Waals surface area contributed by atoms with Gasteiger partial charge in [0.05, 0.1) is 12.7 Å². The van der Waals surface area contributed by atoms with Crippen LogP contribution in [-0.4, -0.2) is 18.7 Å². The molecule has 94 valence electrons. The maximum atomic E-state index is 7.44. The van der Waals surface area contributed by atoms with Crippen LogP contribution in [0.1, 0.15) is 30.9 Å². The zero-order valence-corrected chi connectivity index (χ0v) is 11.3. The fourth-order valence-electron chi connectivity index (χ4n) is 1.48. The van der Waals surface area contributed by atoms with Crippen LogP contribution in [0.5, 0.6) is 5.75 Å². The number of hydrogen-bond donors (Lipinski definition) is 2. The number of benzene rings is 1. The van der Waals surface area contributed by atoms with Crippen LogP contribution < -0.4 is 10.5 Å². The maximum Gasteiger partial charge on any atom is 0.130 e. The Morgan fingerprint density at radius 2 is 2.24 bits per heavy atom. The first-order chi connectivity index (χ1) is 8.19. The quantitative estimate of drug-likeness (QED) is 0.445. The van der Waals surface area contributed by atoms with Crippen LogP contribution in [0.25, 0.3) is 0 Å². The van der Waals surface area contributed by atoms with E-state index >= 15 is 0 Å². The SMILES string of the molecule is CCCCSCc1ccc(C(=N)N)c(OC)c1. The van der Waals surface area contributed by atoms with Crippen LogP contribution in [0, 0.1) is 5.41 Å². The van der Waals surface area contributed by atoms with Gasteiger partial charge < -0.3 is 10.5 Å². The Morgan fingerprint density at radius 3 is 2.82 bits per heavy atom. The highest BCUT2D eigenvalue weighted by molar-refractivity contribution is 7.98. The van der Waals surface area contributed by atoms with Gasteiger partial charge in [-0.3, -0.25) is 5.41 Å². The predicted molar refractivity (Wildman–Crippen MR) is 75.1 cm³/mol. The molecule has 1 aromatic carbocycles. The highest BCUT2D eigenvalue weighted by Crippen LogP contribution is 2.22.